The molecule has 0 radical (unpaired) electrons. The first-order chi connectivity index (χ1) is 10.1. The van der Waals surface area contributed by atoms with Crippen LogP contribution in [0.25, 0.3) is 0 Å². The van der Waals surface area contributed by atoms with Crippen LogP contribution in [0, 0.1) is 0 Å². The van der Waals surface area contributed by atoms with Crippen LogP contribution in [0.1, 0.15) is 5.69 Å². The number of nitrogens with zero attached hydrogens (tertiary/aromatic N) is 1. The zero-order chi connectivity index (χ0) is 15.3. The van der Waals surface area contributed by atoms with Crippen molar-refractivity contribution in [2.24, 2.45) is 0 Å². The van der Waals surface area contributed by atoms with Gasteiger partial charge in [-0.3, -0.25) is 4.98 Å². The van der Waals surface area contributed by atoms with Crippen molar-refractivity contribution < 1.29 is 17.9 Å². The number of hydrogen-bond donors (Lipinski definition) is 1. The molecule has 2 aromatic rings. The summed E-state index contributed by atoms with van der Waals surface area (Å²) >= 11 is 0. The van der Waals surface area contributed by atoms with Crippen LogP contribution in [-0.2, 0) is 16.6 Å². The first-order valence-electron chi connectivity index (χ1n) is 6.18. The highest BCUT2D eigenvalue weighted by Crippen LogP contribution is 2.28. The first kappa shape index (κ1) is 15.3. The topological polar surface area (TPSA) is 77.5 Å². The van der Waals surface area contributed by atoms with Crippen LogP contribution in [0.5, 0.6) is 11.5 Å². The molecule has 0 fully saturated rings. The number of methoxy groups -OCH3 is 2. The second kappa shape index (κ2) is 6.55. The first-order valence-corrected chi connectivity index (χ1v) is 7.67. The Bertz CT molecular complexity index is 702. The summed E-state index contributed by atoms with van der Waals surface area (Å²) in [7, 11) is -0.785. The number of ether oxygens (including phenoxy) is 2. The van der Waals surface area contributed by atoms with Gasteiger partial charge >= 0.3 is 0 Å². The van der Waals surface area contributed by atoms with Crippen LogP contribution >= 0.6 is 0 Å². The SMILES string of the molecule is COc1ccc(S(=O)(=O)NCc2ccccn2)c(OC)c1. The van der Waals surface area contributed by atoms with E-state index in [1.54, 1.807) is 30.5 Å². The molecule has 0 spiro atoms. The largest absolute Gasteiger partial charge is 0.497 e. The summed E-state index contributed by atoms with van der Waals surface area (Å²) < 4.78 is 37.3. The number of sulfonamides is 1. The molecule has 1 N–H and O–H groups in total. The quantitative estimate of drug-likeness (QED) is 0.876. The maximum atomic E-state index is 12.3. The van der Waals surface area contributed by atoms with Crippen molar-refractivity contribution in [3.63, 3.8) is 0 Å². The Balaban J connectivity index is 2.23. The number of nitrogens with one attached hydrogen (secondary N) is 1. The van der Waals surface area contributed by atoms with Gasteiger partial charge < -0.3 is 9.47 Å². The zero-order valence-electron chi connectivity index (χ0n) is 11.7. The van der Waals surface area contributed by atoms with Gasteiger partial charge in [0, 0.05) is 12.3 Å². The molecular formula is C14H16N2O4S. The van der Waals surface area contributed by atoms with Gasteiger partial charge in [-0.25, -0.2) is 13.1 Å². The molecule has 112 valence electrons. The summed E-state index contributed by atoms with van der Waals surface area (Å²) in [5.74, 6) is 0.749. The van der Waals surface area contributed by atoms with Crippen molar-refractivity contribution >= 4 is 10.0 Å². The van der Waals surface area contributed by atoms with E-state index < -0.39 is 10.0 Å². The van der Waals surface area contributed by atoms with Crippen LogP contribution in [0.2, 0.25) is 0 Å². The Kier molecular flexibility index (Phi) is 4.77. The summed E-state index contributed by atoms with van der Waals surface area (Å²) in [5, 5.41) is 0. The molecule has 0 saturated heterocycles. The number of rotatable bonds is 6. The van der Waals surface area contributed by atoms with E-state index in [0.29, 0.717) is 11.4 Å². The van der Waals surface area contributed by atoms with E-state index in [1.165, 1.54) is 26.4 Å². The molecule has 0 saturated carbocycles. The highest BCUT2D eigenvalue weighted by Gasteiger charge is 2.19. The van der Waals surface area contributed by atoms with E-state index in [-0.39, 0.29) is 17.2 Å². The molecule has 1 heterocycles. The van der Waals surface area contributed by atoms with Gasteiger partial charge in [0.1, 0.15) is 16.4 Å². The lowest BCUT2D eigenvalue weighted by atomic mass is 10.3. The fourth-order valence-corrected chi connectivity index (χ4v) is 2.89. The molecule has 2 rings (SSSR count). The molecule has 0 unspecified atom stereocenters. The zero-order valence-corrected chi connectivity index (χ0v) is 12.6. The Hall–Kier alpha value is -2.12. The van der Waals surface area contributed by atoms with Gasteiger partial charge in [-0.1, -0.05) is 6.07 Å². The van der Waals surface area contributed by atoms with Crippen LogP contribution in [0.4, 0.5) is 0 Å². The molecule has 1 aromatic carbocycles. The molecule has 0 atom stereocenters. The van der Waals surface area contributed by atoms with E-state index in [1.807, 2.05) is 0 Å². The minimum Gasteiger partial charge on any atom is -0.497 e. The summed E-state index contributed by atoms with van der Waals surface area (Å²) in [6, 6.07) is 9.84. The molecule has 0 aliphatic rings. The van der Waals surface area contributed by atoms with E-state index in [0.717, 1.165) is 0 Å². The number of pyridine rings is 1. The van der Waals surface area contributed by atoms with E-state index in [2.05, 4.69) is 9.71 Å². The lowest BCUT2D eigenvalue weighted by Gasteiger charge is -2.11. The minimum absolute atomic E-state index is 0.0572. The Morgan fingerprint density at radius 3 is 2.57 bits per heavy atom. The van der Waals surface area contributed by atoms with E-state index >= 15 is 0 Å². The third-order valence-electron chi connectivity index (χ3n) is 2.83. The summed E-state index contributed by atoms with van der Waals surface area (Å²) in [6.45, 7) is 0.109. The third kappa shape index (κ3) is 3.71. The molecule has 6 nitrogen and oxygen atoms in total. The predicted octanol–water partition coefficient (Wildman–Crippen LogP) is 1.58. The van der Waals surface area contributed by atoms with Crippen molar-refractivity contribution in [3.8, 4) is 11.5 Å². The average molecular weight is 308 g/mol. The van der Waals surface area contributed by atoms with Gasteiger partial charge in [0.05, 0.1) is 26.5 Å². The molecule has 0 aliphatic heterocycles. The average Bonchev–Trinajstić information content (AvgIpc) is 2.53. The van der Waals surface area contributed by atoms with Crippen molar-refractivity contribution in [1.82, 2.24) is 9.71 Å². The monoisotopic (exact) mass is 308 g/mol. The Labute approximate surface area is 123 Å². The Morgan fingerprint density at radius 2 is 1.95 bits per heavy atom. The molecule has 1 aromatic heterocycles. The van der Waals surface area contributed by atoms with Crippen LogP contribution in [0.3, 0.4) is 0 Å². The van der Waals surface area contributed by atoms with Gasteiger partial charge in [-0.05, 0) is 24.3 Å². The molecule has 21 heavy (non-hydrogen) atoms. The van der Waals surface area contributed by atoms with Gasteiger partial charge in [-0.15, -0.1) is 0 Å². The second-order valence-electron chi connectivity index (χ2n) is 4.16. The molecule has 0 aliphatic carbocycles. The smallest absolute Gasteiger partial charge is 0.244 e. The molecular weight excluding hydrogens is 292 g/mol. The van der Waals surface area contributed by atoms with Gasteiger partial charge in [0.25, 0.3) is 0 Å². The van der Waals surface area contributed by atoms with Crippen molar-refractivity contribution in [2.75, 3.05) is 14.2 Å². The van der Waals surface area contributed by atoms with E-state index in [9.17, 15) is 8.42 Å². The fraction of sp³-hybridized carbons (Fsp3) is 0.214. The summed E-state index contributed by atoms with van der Waals surface area (Å²) in [5.41, 5.74) is 0.633. The van der Waals surface area contributed by atoms with Crippen molar-refractivity contribution in [1.29, 1.82) is 0 Å². The Morgan fingerprint density at radius 1 is 1.14 bits per heavy atom. The van der Waals surface area contributed by atoms with Crippen LogP contribution in [0.15, 0.2) is 47.5 Å². The van der Waals surface area contributed by atoms with Crippen LogP contribution in [-0.4, -0.2) is 27.6 Å². The van der Waals surface area contributed by atoms with E-state index in [4.69, 9.17) is 9.47 Å². The minimum atomic E-state index is -3.70. The van der Waals surface area contributed by atoms with Crippen LogP contribution < -0.4 is 14.2 Å². The molecule has 0 amide bonds. The molecule has 0 bridgehead atoms. The number of hydrogen-bond acceptors (Lipinski definition) is 5. The van der Waals surface area contributed by atoms with Gasteiger partial charge in [-0.2, -0.15) is 0 Å². The number of aromatic nitrogens is 1. The summed E-state index contributed by atoms with van der Waals surface area (Å²) in [4.78, 5) is 4.12. The van der Waals surface area contributed by atoms with Gasteiger partial charge in [0.2, 0.25) is 10.0 Å². The normalized spacial score (nSPS) is 11.1. The highest BCUT2D eigenvalue weighted by molar-refractivity contribution is 7.89. The maximum Gasteiger partial charge on any atom is 0.244 e. The lowest BCUT2D eigenvalue weighted by molar-refractivity contribution is 0.386. The second-order valence-corrected chi connectivity index (χ2v) is 5.90. The fourth-order valence-electron chi connectivity index (χ4n) is 1.75. The van der Waals surface area contributed by atoms with Crippen molar-refractivity contribution in [2.45, 2.75) is 11.4 Å². The number of benzene rings is 1. The van der Waals surface area contributed by atoms with Crippen molar-refractivity contribution in [3.05, 3.63) is 48.3 Å². The predicted molar refractivity (Wildman–Crippen MR) is 77.8 cm³/mol. The third-order valence-corrected chi connectivity index (χ3v) is 4.27. The standard InChI is InChI=1S/C14H16N2O4S/c1-19-12-6-7-14(13(9-12)20-2)21(17,18)16-10-11-5-3-4-8-15-11/h3-9,16H,10H2,1-2H3. The van der Waals surface area contributed by atoms with Gasteiger partial charge in [0.15, 0.2) is 0 Å². The summed E-state index contributed by atoms with van der Waals surface area (Å²) in [6.07, 6.45) is 1.61. The lowest BCUT2D eigenvalue weighted by Crippen LogP contribution is -2.24. The highest BCUT2D eigenvalue weighted by atomic mass is 32.2. The maximum absolute atomic E-state index is 12.3. The molecule has 7 heteroatoms.